The molecule has 5 nitrogen and oxygen atoms in total. The van der Waals surface area contributed by atoms with Gasteiger partial charge >= 0.3 is 5.97 Å². The molecule has 0 N–H and O–H groups in total. The second-order valence-electron chi connectivity index (χ2n) is 5.43. The first-order chi connectivity index (χ1) is 11.1. The predicted octanol–water partition coefficient (Wildman–Crippen LogP) is 4.48. The molecule has 0 saturated heterocycles. The summed E-state index contributed by atoms with van der Waals surface area (Å²) in [4.78, 5) is 38.5. The number of halogens is 4. The maximum atomic E-state index is 12.8. The molecule has 2 amide bonds. The molecule has 1 aliphatic rings. The van der Waals surface area contributed by atoms with Crippen molar-refractivity contribution in [2.24, 2.45) is 5.92 Å². The second-order valence-corrected chi connectivity index (χ2v) is 6.94. The van der Waals surface area contributed by atoms with E-state index >= 15 is 0 Å². The van der Waals surface area contributed by atoms with E-state index in [1.807, 2.05) is 0 Å². The molecule has 0 spiro atoms. The fourth-order valence-electron chi connectivity index (χ4n) is 2.52. The van der Waals surface area contributed by atoms with Gasteiger partial charge in [0.1, 0.15) is 6.04 Å². The first-order valence-corrected chi connectivity index (χ1v) is 8.56. The number of hydrogen-bond donors (Lipinski definition) is 0. The molecule has 1 heterocycles. The first-order valence-electron chi connectivity index (χ1n) is 7.05. The summed E-state index contributed by atoms with van der Waals surface area (Å²) in [5, 5.41) is -0.591. The van der Waals surface area contributed by atoms with E-state index in [9.17, 15) is 14.4 Å². The molecule has 1 unspecified atom stereocenters. The molecule has 2 rings (SSSR count). The Kier molecular flexibility index (Phi) is 5.70. The molecule has 1 aliphatic heterocycles. The zero-order valence-electron chi connectivity index (χ0n) is 13.0. The van der Waals surface area contributed by atoms with Crippen LogP contribution < -0.4 is 0 Å². The lowest BCUT2D eigenvalue weighted by Gasteiger charge is -2.27. The number of carbonyl (C=O) groups excluding carboxylic acids is 3. The topological polar surface area (TPSA) is 63.7 Å². The summed E-state index contributed by atoms with van der Waals surface area (Å²) in [6, 6.07) is -1.11. The maximum absolute atomic E-state index is 12.8. The van der Waals surface area contributed by atoms with Gasteiger partial charge in [0.15, 0.2) is 0 Å². The van der Waals surface area contributed by atoms with Crippen molar-refractivity contribution in [2.75, 3.05) is 6.61 Å². The highest BCUT2D eigenvalue weighted by atomic mass is 35.5. The Balaban J connectivity index is 2.63. The number of esters is 1. The Morgan fingerprint density at radius 1 is 0.958 bits per heavy atom. The molecule has 0 aliphatic carbocycles. The van der Waals surface area contributed by atoms with Crippen LogP contribution in [0.15, 0.2) is 0 Å². The van der Waals surface area contributed by atoms with Crippen molar-refractivity contribution < 1.29 is 19.1 Å². The van der Waals surface area contributed by atoms with Gasteiger partial charge in [0.05, 0.1) is 37.8 Å². The van der Waals surface area contributed by atoms with E-state index in [4.69, 9.17) is 51.1 Å². The Morgan fingerprint density at radius 3 is 1.71 bits per heavy atom. The molecule has 0 bridgehead atoms. The minimum Gasteiger partial charge on any atom is -0.464 e. The van der Waals surface area contributed by atoms with Crippen LogP contribution >= 0.6 is 46.4 Å². The van der Waals surface area contributed by atoms with E-state index in [0.717, 1.165) is 4.90 Å². The molecule has 9 heteroatoms. The number of ether oxygens (including phenoxy) is 1. The molecule has 0 fully saturated rings. The molecule has 1 aromatic rings. The van der Waals surface area contributed by atoms with Crippen LogP contribution in [0, 0.1) is 5.92 Å². The molecular formula is C15H13Cl4NO4. The van der Waals surface area contributed by atoms with Gasteiger partial charge in [0.2, 0.25) is 0 Å². The highest BCUT2D eigenvalue weighted by molar-refractivity contribution is 6.55. The van der Waals surface area contributed by atoms with Crippen molar-refractivity contribution >= 4 is 64.2 Å². The van der Waals surface area contributed by atoms with E-state index in [-0.39, 0.29) is 43.7 Å². The summed E-state index contributed by atoms with van der Waals surface area (Å²) in [7, 11) is 0. The fourth-order valence-corrected chi connectivity index (χ4v) is 3.54. The predicted molar refractivity (Wildman–Crippen MR) is 92.2 cm³/mol. The second kappa shape index (κ2) is 7.08. The SMILES string of the molecule is CCOC(=O)C(C(C)C)N1C(=O)c2c(Cl)c(Cl)c(Cl)c(Cl)c2C1=O. The average Bonchev–Trinajstić information content (AvgIpc) is 2.76. The van der Waals surface area contributed by atoms with Crippen molar-refractivity contribution in [3.05, 3.63) is 31.2 Å². The number of rotatable bonds is 4. The summed E-state index contributed by atoms with van der Waals surface area (Å²) in [5.41, 5.74) is -0.313. The number of imide groups is 1. The smallest absolute Gasteiger partial charge is 0.329 e. The number of hydrogen-bond acceptors (Lipinski definition) is 4. The lowest BCUT2D eigenvalue weighted by Crippen LogP contribution is -2.48. The average molecular weight is 413 g/mol. The van der Waals surface area contributed by atoms with Gasteiger partial charge in [0, 0.05) is 0 Å². The van der Waals surface area contributed by atoms with E-state index in [2.05, 4.69) is 0 Å². The number of benzene rings is 1. The van der Waals surface area contributed by atoms with Crippen molar-refractivity contribution in [1.82, 2.24) is 4.90 Å². The minimum atomic E-state index is -1.11. The van der Waals surface area contributed by atoms with E-state index in [1.54, 1.807) is 20.8 Å². The van der Waals surface area contributed by atoms with Crippen LogP contribution in [-0.4, -0.2) is 35.3 Å². The molecule has 24 heavy (non-hydrogen) atoms. The van der Waals surface area contributed by atoms with Gasteiger partial charge in [-0.15, -0.1) is 0 Å². The quantitative estimate of drug-likeness (QED) is 0.316. The van der Waals surface area contributed by atoms with Gasteiger partial charge in [-0.2, -0.15) is 0 Å². The van der Waals surface area contributed by atoms with Crippen LogP contribution in [0.3, 0.4) is 0 Å². The van der Waals surface area contributed by atoms with Gasteiger partial charge in [-0.3, -0.25) is 14.5 Å². The molecule has 0 saturated carbocycles. The molecule has 130 valence electrons. The number of fused-ring (bicyclic) bond motifs is 1. The van der Waals surface area contributed by atoms with Crippen molar-refractivity contribution in [3.63, 3.8) is 0 Å². The number of amides is 2. The van der Waals surface area contributed by atoms with Crippen molar-refractivity contribution in [3.8, 4) is 0 Å². The van der Waals surface area contributed by atoms with Gasteiger partial charge < -0.3 is 4.74 Å². The van der Waals surface area contributed by atoms with Gasteiger partial charge in [-0.25, -0.2) is 4.79 Å². The van der Waals surface area contributed by atoms with Crippen LogP contribution in [0.2, 0.25) is 20.1 Å². The zero-order valence-corrected chi connectivity index (χ0v) is 16.0. The third kappa shape index (κ3) is 2.88. The lowest BCUT2D eigenvalue weighted by molar-refractivity contribution is -0.149. The summed E-state index contributed by atoms with van der Waals surface area (Å²) in [5.74, 6) is -2.58. The Morgan fingerprint density at radius 2 is 1.38 bits per heavy atom. The van der Waals surface area contributed by atoms with E-state index < -0.39 is 23.8 Å². The zero-order chi connectivity index (χ0) is 18.3. The van der Waals surface area contributed by atoms with Crippen LogP contribution in [0.25, 0.3) is 0 Å². The van der Waals surface area contributed by atoms with Crippen LogP contribution in [0.5, 0.6) is 0 Å². The summed E-state index contributed by atoms with van der Waals surface area (Å²) in [6.45, 7) is 5.12. The van der Waals surface area contributed by atoms with Crippen LogP contribution in [0.1, 0.15) is 41.5 Å². The minimum absolute atomic E-state index is 0.115. The molecular weight excluding hydrogens is 400 g/mol. The van der Waals surface area contributed by atoms with Crippen molar-refractivity contribution in [1.29, 1.82) is 0 Å². The molecule has 1 atom stereocenters. The third-order valence-corrected chi connectivity index (χ3v) is 5.37. The molecule has 0 aromatic heterocycles. The largest absolute Gasteiger partial charge is 0.464 e. The van der Waals surface area contributed by atoms with Gasteiger partial charge in [-0.05, 0) is 12.8 Å². The normalized spacial score (nSPS) is 15.1. The lowest BCUT2D eigenvalue weighted by atomic mass is 10.0. The van der Waals surface area contributed by atoms with Gasteiger partial charge in [0.25, 0.3) is 11.8 Å². The van der Waals surface area contributed by atoms with E-state index in [0.29, 0.717) is 0 Å². The fraction of sp³-hybridized carbons (Fsp3) is 0.400. The first kappa shape index (κ1) is 19.3. The number of carbonyl (C=O) groups is 3. The summed E-state index contributed by atoms with van der Waals surface area (Å²) < 4.78 is 4.98. The maximum Gasteiger partial charge on any atom is 0.329 e. The Labute approximate surface area is 158 Å². The Hall–Kier alpha value is -1.01. The third-order valence-electron chi connectivity index (χ3n) is 3.57. The standard InChI is InChI=1S/C15H13Cl4NO4/c1-4-24-15(23)12(5(2)3)20-13(21)6-7(14(20)22)9(17)11(19)10(18)8(6)16/h5,12H,4H2,1-3H3. The van der Waals surface area contributed by atoms with E-state index in [1.165, 1.54) is 0 Å². The van der Waals surface area contributed by atoms with Gasteiger partial charge in [-0.1, -0.05) is 60.3 Å². The van der Waals surface area contributed by atoms with Crippen molar-refractivity contribution in [2.45, 2.75) is 26.8 Å². The summed E-state index contributed by atoms with van der Waals surface area (Å²) in [6.07, 6.45) is 0. The molecule has 0 radical (unpaired) electrons. The Bertz CT molecular complexity index is 701. The number of nitrogens with zero attached hydrogens (tertiary/aromatic N) is 1. The van der Waals surface area contributed by atoms with Crippen LogP contribution in [-0.2, 0) is 9.53 Å². The molecule has 1 aromatic carbocycles. The monoisotopic (exact) mass is 411 g/mol. The summed E-state index contributed by atoms with van der Waals surface area (Å²) >= 11 is 24.1. The highest BCUT2D eigenvalue weighted by Crippen LogP contribution is 2.45. The highest BCUT2D eigenvalue weighted by Gasteiger charge is 2.48. The van der Waals surface area contributed by atoms with Crippen LogP contribution in [0.4, 0.5) is 0 Å².